The molecule has 2 atom stereocenters. The molecule has 0 fully saturated rings. The standard InChI is InChI=1S/C12H24O2S/c1-4-6-7-11(5-2)14-10(3)12(15)8-9-13/h5,10,12-13,15H,4,6-9H2,1-3H3/b11-5-/t10-,12-/m1/s1. The number of rotatable bonds is 8. The number of aliphatic hydroxyl groups is 1. The average molecular weight is 232 g/mol. The first-order chi connectivity index (χ1) is 7.15. The van der Waals surface area contributed by atoms with Crippen molar-refractivity contribution in [2.45, 2.75) is 57.8 Å². The molecule has 0 aliphatic carbocycles. The molecule has 0 radical (unpaired) electrons. The summed E-state index contributed by atoms with van der Waals surface area (Å²) in [6.45, 7) is 6.34. The molecule has 0 aliphatic rings. The topological polar surface area (TPSA) is 29.5 Å². The Hall–Kier alpha value is -0.150. The SMILES string of the molecule is C/C=C(/CCCC)O[C@H](C)[C@H](S)CCO. The van der Waals surface area contributed by atoms with E-state index in [2.05, 4.69) is 19.6 Å². The maximum absolute atomic E-state index is 8.80. The molecule has 2 nitrogen and oxygen atoms in total. The number of thiol groups is 1. The van der Waals surface area contributed by atoms with Crippen molar-refractivity contribution >= 4 is 12.6 Å². The van der Waals surface area contributed by atoms with Gasteiger partial charge in [0.2, 0.25) is 0 Å². The Morgan fingerprint density at radius 1 is 1.53 bits per heavy atom. The lowest BCUT2D eigenvalue weighted by Crippen LogP contribution is -2.22. The van der Waals surface area contributed by atoms with Crippen LogP contribution in [0.1, 0.15) is 46.5 Å². The fourth-order valence-corrected chi connectivity index (χ4v) is 1.48. The molecule has 0 bridgehead atoms. The molecule has 0 amide bonds. The summed E-state index contributed by atoms with van der Waals surface area (Å²) < 4.78 is 5.79. The van der Waals surface area contributed by atoms with E-state index in [1.807, 2.05) is 19.9 Å². The van der Waals surface area contributed by atoms with Crippen LogP contribution in [0.3, 0.4) is 0 Å². The van der Waals surface area contributed by atoms with Crippen molar-refractivity contribution in [3.63, 3.8) is 0 Å². The molecule has 0 rings (SSSR count). The summed E-state index contributed by atoms with van der Waals surface area (Å²) in [7, 11) is 0. The van der Waals surface area contributed by atoms with E-state index in [0.29, 0.717) is 6.42 Å². The zero-order chi connectivity index (χ0) is 11.7. The van der Waals surface area contributed by atoms with Gasteiger partial charge in [-0.3, -0.25) is 0 Å². The smallest absolute Gasteiger partial charge is 0.107 e. The molecule has 0 aromatic carbocycles. The molecule has 0 aromatic heterocycles. The molecule has 90 valence electrons. The highest BCUT2D eigenvalue weighted by Crippen LogP contribution is 2.17. The first kappa shape index (κ1) is 14.8. The Morgan fingerprint density at radius 2 is 2.20 bits per heavy atom. The third-order valence-corrected chi connectivity index (χ3v) is 3.08. The van der Waals surface area contributed by atoms with Crippen LogP contribution >= 0.6 is 12.6 Å². The summed E-state index contributed by atoms with van der Waals surface area (Å²) in [5.41, 5.74) is 0. The van der Waals surface area contributed by atoms with E-state index >= 15 is 0 Å². The van der Waals surface area contributed by atoms with Crippen LogP contribution in [0.5, 0.6) is 0 Å². The van der Waals surface area contributed by atoms with E-state index in [1.54, 1.807) is 0 Å². The highest BCUT2D eigenvalue weighted by molar-refractivity contribution is 7.81. The quantitative estimate of drug-likeness (QED) is 0.497. The van der Waals surface area contributed by atoms with Gasteiger partial charge in [0, 0.05) is 18.3 Å². The molecule has 0 aromatic rings. The van der Waals surface area contributed by atoms with Crippen LogP contribution in [0.4, 0.5) is 0 Å². The number of aliphatic hydroxyl groups excluding tert-OH is 1. The minimum Gasteiger partial charge on any atom is -0.494 e. The molecular weight excluding hydrogens is 208 g/mol. The predicted octanol–water partition coefficient (Wildman–Crippen LogP) is 3.17. The second-order valence-corrected chi connectivity index (χ2v) is 4.42. The fourth-order valence-electron chi connectivity index (χ4n) is 1.31. The summed E-state index contributed by atoms with van der Waals surface area (Å²) in [4.78, 5) is 0. The zero-order valence-corrected chi connectivity index (χ0v) is 11.0. The number of unbranched alkanes of at least 4 members (excludes halogenated alkanes) is 1. The molecule has 15 heavy (non-hydrogen) atoms. The first-order valence-electron chi connectivity index (χ1n) is 5.76. The minimum absolute atomic E-state index is 0.0588. The summed E-state index contributed by atoms with van der Waals surface area (Å²) >= 11 is 4.40. The minimum atomic E-state index is 0.0588. The van der Waals surface area contributed by atoms with E-state index in [4.69, 9.17) is 9.84 Å². The van der Waals surface area contributed by atoms with Gasteiger partial charge in [-0.1, -0.05) is 13.3 Å². The lowest BCUT2D eigenvalue weighted by molar-refractivity contribution is 0.113. The Morgan fingerprint density at radius 3 is 2.67 bits per heavy atom. The number of hydrogen-bond donors (Lipinski definition) is 2. The van der Waals surface area contributed by atoms with Gasteiger partial charge in [-0.2, -0.15) is 12.6 Å². The fraction of sp³-hybridized carbons (Fsp3) is 0.833. The third kappa shape index (κ3) is 6.85. The Labute approximate surface area is 99.1 Å². The number of allylic oxidation sites excluding steroid dienone is 2. The largest absolute Gasteiger partial charge is 0.494 e. The molecule has 0 saturated carbocycles. The third-order valence-electron chi connectivity index (χ3n) is 2.40. The van der Waals surface area contributed by atoms with Gasteiger partial charge in [-0.15, -0.1) is 0 Å². The van der Waals surface area contributed by atoms with Crippen LogP contribution in [0, 0.1) is 0 Å². The number of hydrogen-bond acceptors (Lipinski definition) is 3. The van der Waals surface area contributed by atoms with Crippen molar-refractivity contribution < 1.29 is 9.84 Å². The van der Waals surface area contributed by atoms with Gasteiger partial charge in [0.05, 0.1) is 5.76 Å². The van der Waals surface area contributed by atoms with Gasteiger partial charge in [0.25, 0.3) is 0 Å². The van der Waals surface area contributed by atoms with Crippen molar-refractivity contribution in [1.82, 2.24) is 0 Å². The van der Waals surface area contributed by atoms with Crippen LogP contribution in [0.15, 0.2) is 11.8 Å². The highest BCUT2D eigenvalue weighted by Gasteiger charge is 2.14. The predicted molar refractivity (Wildman–Crippen MR) is 68.3 cm³/mol. The maximum atomic E-state index is 8.80. The van der Waals surface area contributed by atoms with Crippen molar-refractivity contribution in [1.29, 1.82) is 0 Å². The monoisotopic (exact) mass is 232 g/mol. The normalized spacial score (nSPS) is 16.2. The van der Waals surface area contributed by atoms with Crippen molar-refractivity contribution in [2.24, 2.45) is 0 Å². The second kappa shape index (κ2) is 9.10. The van der Waals surface area contributed by atoms with Gasteiger partial charge in [0.1, 0.15) is 6.10 Å². The molecular formula is C12H24O2S. The van der Waals surface area contributed by atoms with Crippen LogP contribution < -0.4 is 0 Å². The first-order valence-corrected chi connectivity index (χ1v) is 6.28. The van der Waals surface area contributed by atoms with Gasteiger partial charge in [-0.25, -0.2) is 0 Å². The lowest BCUT2D eigenvalue weighted by Gasteiger charge is -2.22. The van der Waals surface area contributed by atoms with E-state index in [1.165, 1.54) is 6.42 Å². The van der Waals surface area contributed by atoms with Crippen molar-refractivity contribution in [3.8, 4) is 0 Å². The summed E-state index contributed by atoms with van der Waals surface area (Å²) in [6.07, 6.45) is 6.08. The maximum Gasteiger partial charge on any atom is 0.107 e. The Balaban J connectivity index is 3.95. The molecule has 0 aliphatic heterocycles. The van der Waals surface area contributed by atoms with Crippen molar-refractivity contribution in [2.75, 3.05) is 6.61 Å². The van der Waals surface area contributed by atoms with Crippen LogP contribution in [-0.2, 0) is 4.74 Å². The van der Waals surface area contributed by atoms with Crippen LogP contribution in [0.25, 0.3) is 0 Å². The van der Waals surface area contributed by atoms with Crippen LogP contribution in [-0.4, -0.2) is 23.1 Å². The van der Waals surface area contributed by atoms with E-state index in [0.717, 1.165) is 18.6 Å². The van der Waals surface area contributed by atoms with Gasteiger partial charge < -0.3 is 9.84 Å². The molecule has 3 heteroatoms. The van der Waals surface area contributed by atoms with Gasteiger partial charge >= 0.3 is 0 Å². The van der Waals surface area contributed by atoms with Gasteiger partial charge in [-0.05, 0) is 32.8 Å². The van der Waals surface area contributed by atoms with Crippen molar-refractivity contribution in [3.05, 3.63) is 11.8 Å². The summed E-state index contributed by atoms with van der Waals surface area (Å²) in [5.74, 6) is 1.04. The van der Waals surface area contributed by atoms with E-state index in [9.17, 15) is 0 Å². The second-order valence-electron chi connectivity index (χ2n) is 3.76. The lowest BCUT2D eigenvalue weighted by atomic mass is 10.2. The molecule has 0 heterocycles. The van der Waals surface area contributed by atoms with Crippen LogP contribution in [0.2, 0.25) is 0 Å². The summed E-state index contributed by atoms with van der Waals surface area (Å²) in [5, 5.41) is 8.90. The molecule has 1 N–H and O–H groups in total. The average Bonchev–Trinajstić information content (AvgIpc) is 2.24. The van der Waals surface area contributed by atoms with E-state index < -0.39 is 0 Å². The Bertz CT molecular complexity index is 180. The van der Waals surface area contributed by atoms with E-state index in [-0.39, 0.29) is 18.0 Å². The van der Waals surface area contributed by atoms with Gasteiger partial charge in [0.15, 0.2) is 0 Å². The highest BCUT2D eigenvalue weighted by atomic mass is 32.1. The molecule has 0 unspecified atom stereocenters. The Kier molecular flexibility index (Phi) is 9.01. The number of ether oxygens (including phenoxy) is 1. The summed E-state index contributed by atoms with van der Waals surface area (Å²) in [6, 6.07) is 0. The molecule has 0 saturated heterocycles. The zero-order valence-electron chi connectivity index (χ0n) is 10.1. The molecule has 0 spiro atoms.